The number of allylic oxidation sites excluding steroid dienone is 1. The molecule has 1 aliphatic carbocycles. The number of hydrogen-bond donors (Lipinski definition) is 1. The van der Waals surface area contributed by atoms with Gasteiger partial charge in [-0.3, -0.25) is 0 Å². The van der Waals surface area contributed by atoms with E-state index in [2.05, 4.69) is 18.7 Å². The standard InChI is InChI=1S/C12H21N2O.H2/c1-3-14(4-2)9-10-15-12-7-5-11(13)6-8-12;/h5-8,12H,3-4,9-10,13H2,1-2H3;1H. The summed E-state index contributed by atoms with van der Waals surface area (Å²) < 4.78 is 5.68. The van der Waals surface area contributed by atoms with Crippen molar-refractivity contribution in [3.63, 3.8) is 0 Å². The zero-order valence-electron chi connectivity index (χ0n) is 9.65. The molecule has 3 heteroatoms. The van der Waals surface area contributed by atoms with Gasteiger partial charge in [0.2, 0.25) is 0 Å². The Bertz CT molecular complexity index is 237. The molecule has 0 aromatic carbocycles. The van der Waals surface area contributed by atoms with Gasteiger partial charge in [-0.2, -0.15) is 0 Å². The minimum Gasteiger partial charge on any atom is -0.399 e. The van der Waals surface area contributed by atoms with Crippen LogP contribution in [0.3, 0.4) is 0 Å². The van der Waals surface area contributed by atoms with Gasteiger partial charge in [-0.05, 0) is 19.2 Å². The lowest BCUT2D eigenvalue weighted by atomic mass is 10.1. The van der Waals surface area contributed by atoms with Crippen molar-refractivity contribution in [2.75, 3.05) is 26.2 Å². The number of hydrogen-bond acceptors (Lipinski definition) is 3. The molecule has 3 nitrogen and oxygen atoms in total. The highest BCUT2D eigenvalue weighted by Gasteiger charge is 2.08. The van der Waals surface area contributed by atoms with Gasteiger partial charge in [0.15, 0.2) is 0 Å². The van der Waals surface area contributed by atoms with Crippen molar-refractivity contribution in [1.29, 1.82) is 0 Å². The monoisotopic (exact) mass is 211 g/mol. The Morgan fingerprint density at radius 2 is 2.20 bits per heavy atom. The largest absolute Gasteiger partial charge is 0.399 e. The van der Waals surface area contributed by atoms with Crippen LogP contribution in [0.4, 0.5) is 0 Å². The minimum atomic E-state index is 0. The van der Waals surface area contributed by atoms with Crippen LogP contribution < -0.4 is 5.73 Å². The lowest BCUT2D eigenvalue weighted by molar-refractivity contribution is 0.0848. The molecule has 0 bridgehead atoms. The average Bonchev–Trinajstić information content (AvgIpc) is 2.27. The van der Waals surface area contributed by atoms with E-state index < -0.39 is 0 Å². The molecule has 0 amide bonds. The van der Waals surface area contributed by atoms with Gasteiger partial charge in [0.25, 0.3) is 0 Å². The molecule has 1 atom stereocenters. The fraction of sp³-hybridized carbons (Fsp3) is 0.583. The molecule has 15 heavy (non-hydrogen) atoms. The Morgan fingerprint density at radius 3 is 2.73 bits per heavy atom. The predicted octanol–water partition coefficient (Wildman–Crippen LogP) is 1.58. The maximum Gasteiger partial charge on any atom is 0.0830 e. The van der Waals surface area contributed by atoms with Gasteiger partial charge in [0, 0.05) is 20.1 Å². The molecule has 0 saturated heterocycles. The molecule has 87 valence electrons. The molecule has 0 saturated carbocycles. The van der Waals surface area contributed by atoms with E-state index in [1.165, 1.54) is 0 Å². The van der Waals surface area contributed by atoms with Crippen LogP contribution in [0.25, 0.3) is 0 Å². The summed E-state index contributed by atoms with van der Waals surface area (Å²) in [6.07, 6.45) is 7.84. The SMILES string of the molecule is CCN(CC)CCOC1[CH]C=C(N)C=C1.[HH]. The van der Waals surface area contributed by atoms with Gasteiger partial charge >= 0.3 is 0 Å². The van der Waals surface area contributed by atoms with Gasteiger partial charge < -0.3 is 15.4 Å². The van der Waals surface area contributed by atoms with Crippen molar-refractivity contribution in [1.82, 2.24) is 4.90 Å². The van der Waals surface area contributed by atoms with Crippen LogP contribution in [0.15, 0.2) is 23.9 Å². The van der Waals surface area contributed by atoms with Crippen molar-refractivity contribution < 1.29 is 6.16 Å². The highest BCUT2D eigenvalue weighted by atomic mass is 16.5. The number of ether oxygens (including phenoxy) is 1. The van der Waals surface area contributed by atoms with Gasteiger partial charge in [0.05, 0.1) is 12.7 Å². The van der Waals surface area contributed by atoms with Crippen molar-refractivity contribution in [2.45, 2.75) is 20.0 Å². The highest BCUT2D eigenvalue weighted by molar-refractivity contribution is 5.27. The van der Waals surface area contributed by atoms with Crippen LogP contribution in [-0.2, 0) is 4.74 Å². The first-order valence-corrected chi connectivity index (χ1v) is 5.59. The first kappa shape index (κ1) is 12.3. The van der Waals surface area contributed by atoms with E-state index in [-0.39, 0.29) is 7.53 Å². The van der Waals surface area contributed by atoms with E-state index in [4.69, 9.17) is 10.5 Å². The van der Waals surface area contributed by atoms with Crippen molar-refractivity contribution in [3.05, 3.63) is 30.3 Å². The van der Waals surface area contributed by atoms with Crippen LogP contribution in [0.2, 0.25) is 0 Å². The Kier molecular flexibility index (Phi) is 5.43. The summed E-state index contributed by atoms with van der Waals surface area (Å²) in [6, 6.07) is 0. The van der Waals surface area contributed by atoms with Crippen molar-refractivity contribution >= 4 is 0 Å². The molecule has 1 rings (SSSR count). The molecule has 1 unspecified atom stereocenters. The van der Waals surface area contributed by atoms with Gasteiger partial charge in [-0.25, -0.2) is 0 Å². The molecule has 1 aliphatic rings. The van der Waals surface area contributed by atoms with Crippen LogP contribution in [0, 0.1) is 6.42 Å². The summed E-state index contributed by atoms with van der Waals surface area (Å²) in [5.41, 5.74) is 6.39. The topological polar surface area (TPSA) is 38.5 Å². The third kappa shape index (κ3) is 4.49. The van der Waals surface area contributed by atoms with E-state index in [0.29, 0.717) is 0 Å². The first-order chi connectivity index (χ1) is 7.26. The Morgan fingerprint density at radius 1 is 1.47 bits per heavy atom. The second-order valence-corrected chi connectivity index (χ2v) is 3.58. The number of rotatable bonds is 6. The molecule has 0 aromatic heterocycles. The molecular weight excluding hydrogens is 188 g/mol. The Hall–Kier alpha value is -0.800. The summed E-state index contributed by atoms with van der Waals surface area (Å²) in [7, 11) is 0. The van der Waals surface area contributed by atoms with Crippen LogP contribution >= 0.6 is 0 Å². The van der Waals surface area contributed by atoms with E-state index in [1.54, 1.807) is 0 Å². The number of likely N-dealkylation sites (N-methyl/N-ethyl adjacent to an activating group) is 1. The summed E-state index contributed by atoms with van der Waals surface area (Å²) in [5.74, 6) is 0. The van der Waals surface area contributed by atoms with E-state index in [1.807, 2.05) is 24.6 Å². The smallest absolute Gasteiger partial charge is 0.0830 e. The molecule has 0 heterocycles. The van der Waals surface area contributed by atoms with Gasteiger partial charge in [0.1, 0.15) is 0 Å². The first-order valence-electron chi connectivity index (χ1n) is 5.59. The van der Waals surface area contributed by atoms with E-state index >= 15 is 0 Å². The number of nitrogens with two attached hydrogens (primary N) is 1. The lowest BCUT2D eigenvalue weighted by Gasteiger charge is -2.20. The fourth-order valence-electron chi connectivity index (χ4n) is 1.50. The average molecular weight is 211 g/mol. The third-order valence-corrected chi connectivity index (χ3v) is 2.57. The highest BCUT2D eigenvalue weighted by Crippen LogP contribution is 2.08. The second-order valence-electron chi connectivity index (χ2n) is 3.58. The maximum absolute atomic E-state index is 5.68. The van der Waals surface area contributed by atoms with Crippen LogP contribution in [0.1, 0.15) is 15.3 Å². The molecular formula is C12H23N2O. The zero-order valence-corrected chi connectivity index (χ0v) is 9.65. The van der Waals surface area contributed by atoms with Crippen molar-refractivity contribution in [3.8, 4) is 0 Å². The molecule has 2 N–H and O–H groups in total. The summed E-state index contributed by atoms with van der Waals surface area (Å²) >= 11 is 0. The summed E-state index contributed by atoms with van der Waals surface area (Å²) in [6.45, 7) is 8.25. The summed E-state index contributed by atoms with van der Waals surface area (Å²) in [5, 5.41) is 0. The quantitative estimate of drug-likeness (QED) is 0.725. The van der Waals surface area contributed by atoms with Crippen molar-refractivity contribution in [2.24, 2.45) is 5.73 Å². The predicted molar refractivity (Wildman–Crippen MR) is 65.4 cm³/mol. The third-order valence-electron chi connectivity index (χ3n) is 2.57. The van der Waals surface area contributed by atoms with Gasteiger partial charge in [-0.1, -0.05) is 26.0 Å². The molecule has 1 radical (unpaired) electrons. The second kappa shape index (κ2) is 6.64. The van der Waals surface area contributed by atoms with E-state index in [0.717, 1.165) is 31.9 Å². The Balaban J connectivity index is 0.00000225. The van der Waals surface area contributed by atoms with Crippen LogP contribution in [-0.4, -0.2) is 37.2 Å². The minimum absolute atomic E-state index is 0. The van der Waals surface area contributed by atoms with Gasteiger partial charge in [-0.15, -0.1) is 0 Å². The normalized spacial score (nSPS) is 20.7. The summed E-state index contributed by atoms with van der Waals surface area (Å²) in [4.78, 5) is 2.34. The molecule has 0 aromatic rings. The Labute approximate surface area is 94.1 Å². The maximum atomic E-state index is 5.68. The van der Waals surface area contributed by atoms with E-state index in [9.17, 15) is 0 Å². The molecule has 0 spiro atoms. The zero-order chi connectivity index (χ0) is 11.1. The fourth-order valence-corrected chi connectivity index (χ4v) is 1.50. The lowest BCUT2D eigenvalue weighted by Crippen LogP contribution is -2.28. The molecule has 0 aliphatic heterocycles. The van der Waals surface area contributed by atoms with Crippen LogP contribution in [0.5, 0.6) is 0 Å². The molecule has 0 fully saturated rings. The number of nitrogens with zero attached hydrogens (tertiary/aromatic N) is 1.